The number of halogens is 1. The monoisotopic (exact) mass is 527 g/mol. The summed E-state index contributed by atoms with van der Waals surface area (Å²) in [7, 11) is 0. The van der Waals surface area contributed by atoms with Crippen LogP contribution in [-0.4, -0.2) is 32.1 Å². The number of fused-ring (bicyclic) bond motifs is 1. The van der Waals surface area contributed by atoms with Gasteiger partial charge >= 0.3 is 0 Å². The van der Waals surface area contributed by atoms with E-state index in [-0.39, 0.29) is 11.7 Å². The maximum Gasteiger partial charge on any atom is 0.256 e. The summed E-state index contributed by atoms with van der Waals surface area (Å²) >= 11 is 1.74. The minimum Gasteiger partial charge on any atom is -0.322 e. The predicted molar refractivity (Wildman–Crippen MR) is 151 cm³/mol. The lowest BCUT2D eigenvalue weighted by molar-refractivity contribution is -1.03. The largest absolute Gasteiger partial charge is 0.322 e. The van der Waals surface area contributed by atoms with Crippen LogP contribution in [0.2, 0.25) is 0 Å². The normalized spacial score (nSPS) is 18.9. The van der Waals surface area contributed by atoms with E-state index >= 15 is 0 Å². The number of hydrogen-bond donors (Lipinski definition) is 3. The lowest BCUT2D eigenvalue weighted by atomic mass is 9.96. The van der Waals surface area contributed by atoms with Gasteiger partial charge in [-0.1, -0.05) is 60.7 Å². The Hall–Kier alpha value is -3.32. The molecule has 0 radical (unpaired) electrons. The summed E-state index contributed by atoms with van der Waals surface area (Å²) in [6.45, 7) is 5.35. The number of carbonyl (C=O) groups excluding carboxylic acids is 1. The van der Waals surface area contributed by atoms with Crippen LogP contribution in [0.5, 0.6) is 0 Å². The Balaban J connectivity index is 1.17. The van der Waals surface area contributed by atoms with Crippen molar-refractivity contribution in [2.24, 2.45) is 0 Å². The molecule has 6 rings (SSSR count). The first-order chi connectivity index (χ1) is 18.7. The minimum atomic E-state index is -0.330. The summed E-state index contributed by atoms with van der Waals surface area (Å²) in [6.07, 6.45) is 3.40. The highest BCUT2D eigenvalue weighted by Crippen LogP contribution is 2.39. The van der Waals surface area contributed by atoms with E-state index in [4.69, 9.17) is 0 Å². The summed E-state index contributed by atoms with van der Waals surface area (Å²) in [6, 6.07) is 27.9. The summed E-state index contributed by atoms with van der Waals surface area (Å²) in [5.74, 6) is -0.493. The number of benzene rings is 3. The molecule has 1 fully saturated rings. The van der Waals surface area contributed by atoms with E-state index in [0.29, 0.717) is 11.6 Å². The molecule has 3 N–H and O–H groups in total. The number of quaternary nitrogens is 2. The smallest absolute Gasteiger partial charge is 0.256 e. The van der Waals surface area contributed by atoms with Crippen molar-refractivity contribution in [3.05, 3.63) is 123 Å². The Morgan fingerprint density at radius 2 is 1.47 bits per heavy atom. The fourth-order valence-corrected chi connectivity index (χ4v) is 7.43. The lowest BCUT2D eigenvalue weighted by Crippen LogP contribution is -3.27. The molecule has 0 bridgehead atoms. The van der Waals surface area contributed by atoms with Gasteiger partial charge < -0.3 is 15.1 Å². The van der Waals surface area contributed by atoms with Gasteiger partial charge in [-0.15, -0.1) is 11.3 Å². The molecule has 1 aliphatic carbocycles. The zero-order valence-electron chi connectivity index (χ0n) is 21.5. The van der Waals surface area contributed by atoms with E-state index < -0.39 is 0 Å². The van der Waals surface area contributed by atoms with E-state index in [9.17, 15) is 9.18 Å². The molecule has 1 aliphatic heterocycles. The number of carbonyl (C=O) groups is 1. The maximum atomic E-state index is 13.3. The van der Waals surface area contributed by atoms with Crippen molar-refractivity contribution in [3.63, 3.8) is 0 Å². The van der Waals surface area contributed by atoms with Crippen molar-refractivity contribution in [1.29, 1.82) is 0 Å². The fraction of sp³-hybridized carbons (Fsp3) is 0.281. The zero-order valence-corrected chi connectivity index (χ0v) is 22.3. The molecule has 1 amide bonds. The van der Waals surface area contributed by atoms with E-state index in [1.165, 1.54) is 45.7 Å². The van der Waals surface area contributed by atoms with E-state index in [0.717, 1.165) is 50.6 Å². The number of piperazine rings is 1. The number of nitrogens with one attached hydrogen (secondary N) is 3. The SMILES string of the molecule is O=C(Nc1sc2c(c1C[NH+]1CC[NH+](C(c3ccccc3)c3ccccc3)CC1)CCC2)c1ccc(F)cc1. The molecule has 3 aromatic carbocycles. The highest BCUT2D eigenvalue weighted by molar-refractivity contribution is 7.16. The molecule has 0 atom stereocenters. The van der Waals surface area contributed by atoms with Crippen LogP contribution in [0.4, 0.5) is 9.39 Å². The van der Waals surface area contributed by atoms with Crippen LogP contribution in [0, 0.1) is 5.82 Å². The Morgan fingerprint density at radius 1 is 0.842 bits per heavy atom. The number of hydrogen-bond acceptors (Lipinski definition) is 2. The number of aryl methyl sites for hydroxylation is 1. The molecule has 0 saturated carbocycles. The topological polar surface area (TPSA) is 38.0 Å². The van der Waals surface area contributed by atoms with Crippen LogP contribution < -0.4 is 15.1 Å². The van der Waals surface area contributed by atoms with Gasteiger partial charge in [-0.2, -0.15) is 0 Å². The molecule has 38 heavy (non-hydrogen) atoms. The van der Waals surface area contributed by atoms with Gasteiger partial charge in [0.15, 0.2) is 0 Å². The third-order valence-electron chi connectivity index (χ3n) is 8.06. The lowest BCUT2D eigenvalue weighted by Gasteiger charge is -2.35. The van der Waals surface area contributed by atoms with Crippen molar-refractivity contribution in [3.8, 4) is 0 Å². The van der Waals surface area contributed by atoms with Gasteiger partial charge in [0.05, 0.1) is 0 Å². The second-order valence-corrected chi connectivity index (χ2v) is 11.6. The zero-order chi connectivity index (χ0) is 25.9. The molecule has 1 aromatic heterocycles. The first-order valence-electron chi connectivity index (χ1n) is 13.6. The standard InChI is InChI=1S/C32H32FN3OS/c33-26-16-14-25(15-17-26)31(37)34-32-28(27-12-7-13-29(27)38-32)22-35-18-20-36(21-19-35)30(23-8-3-1-4-9-23)24-10-5-2-6-11-24/h1-6,8-11,14-17,30H,7,12-13,18-22H2,(H,34,37)/p+2. The van der Waals surface area contributed by atoms with Crippen molar-refractivity contribution >= 4 is 22.2 Å². The van der Waals surface area contributed by atoms with Crippen LogP contribution in [0.25, 0.3) is 0 Å². The number of thiophene rings is 1. The van der Waals surface area contributed by atoms with Gasteiger partial charge in [0, 0.05) is 27.1 Å². The summed E-state index contributed by atoms with van der Waals surface area (Å²) in [5, 5.41) is 4.16. The van der Waals surface area contributed by atoms with E-state index in [1.54, 1.807) is 33.3 Å². The Kier molecular flexibility index (Phi) is 7.36. The third kappa shape index (κ3) is 5.30. The van der Waals surface area contributed by atoms with Gasteiger partial charge in [0.2, 0.25) is 0 Å². The predicted octanol–water partition coefficient (Wildman–Crippen LogP) is 3.70. The Labute approximate surface area is 227 Å². The van der Waals surface area contributed by atoms with Crippen LogP contribution in [0.3, 0.4) is 0 Å². The Bertz CT molecular complexity index is 1340. The van der Waals surface area contributed by atoms with Crippen molar-refractivity contribution in [2.75, 3.05) is 31.5 Å². The first-order valence-corrected chi connectivity index (χ1v) is 14.5. The van der Waals surface area contributed by atoms with Crippen LogP contribution in [0.15, 0.2) is 84.9 Å². The van der Waals surface area contributed by atoms with Crippen LogP contribution >= 0.6 is 11.3 Å². The third-order valence-corrected chi connectivity index (χ3v) is 9.31. The Morgan fingerprint density at radius 3 is 2.11 bits per heavy atom. The van der Waals surface area contributed by atoms with E-state index in [1.807, 2.05) is 0 Å². The van der Waals surface area contributed by atoms with Crippen molar-refractivity contribution < 1.29 is 19.0 Å². The minimum absolute atomic E-state index is 0.163. The molecular weight excluding hydrogens is 493 g/mol. The van der Waals surface area contributed by atoms with Gasteiger partial charge in [0.25, 0.3) is 5.91 Å². The average Bonchev–Trinajstić information content (AvgIpc) is 3.54. The molecular formula is C32H34FN3OS+2. The second-order valence-electron chi connectivity index (χ2n) is 10.5. The second kappa shape index (κ2) is 11.2. The van der Waals surface area contributed by atoms with Gasteiger partial charge in [-0.05, 0) is 49.1 Å². The highest BCUT2D eigenvalue weighted by Gasteiger charge is 2.33. The molecule has 0 unspecified atom stereocenters. The molecule has 1 saturated heterocycles. The molecule has 4 nitrogen and oxygen atoms in total. The summed E-state index contributed by atoms with van der Waals surface area (Å²) < 4.78 is 13.3. The maximum absolute atomic E-state index is 13.3. The number of anilines is 1. The summed E-state index contributed by atoms with van der Waals surface area (Å²) in [5.41, 5.74) is 6.01. The number of rotatable bonds is 7. The van der Waals surface area contributed by atoms with E-state index in [2.05, 4.69) is 66.0 Å². The quantitative estimate of drug-likeness (QED) is 0.337. The van der Waals surface area contributed by atoms with Crippen molar-refractivity contribution in [2.45, 2.75) is 31.8 Å². The fourth-order valence-electron chi connectivity index (χ4n) is 6.13. The number of amides is 1. The van der Waals surface area contributed by atoms with Gasteiger partial charge in [-0.25, -0.2) is 4.39 Å². The highest BCUT2D eigenvalue weighted by atomic mass is 32.1. The molecule has 194 valence electrons. The van der Waals surface area contributed by atoms with Gasteiger partial charge in [0.1, 0.15) is 49.6 Å². The van der Waals surface area contributed by atoms with Crippen LogP contribution in [-0.2, 0) is 19.4 Å². The van der Waals surface area contributed by atoms with Gasteiger partial charge in [-0.3, -0.25) is 4.79 Å². The summed E-state index contributed by atoms with van der Waals surface area (Å²) in [4.78, 5) is 17.6. The first kappa shape index (κ1) is 25.0. The molecule has 0 spiro atoms. The molecule has 6 heteroatoms. The van der Waals surface area contributed by atoms with Crippen molar-refractivity contribution in [1.82, 2.24) is 0 Å². The average molecular weight is 528 g/mol. The molecule has 2 heterocycles. The molecule has 4 aromatic rings. The van der Waals surface area contributed by atoms with Crippen LogP contribution in [0.1, 0.15) is 50.0 Å². The molecule has 2 aliphatic rings.